The van der Waals surface area contributed by atoms with Gasteiger partial charge in [-0.25, -0.2) is 4.79 Å². The fourth-order valence-corrected chi connectivity index (χ4v) is 2.60. The monoisotopic (exact) mass is 304 g/mol. The lowest BCUT2D eigenvalue weighted by Gasteiger charge is -2.11. The van der Waals surface area contributed by atoms with Crippen LogP contribution in [0.2, 0.25) is 5.02 Å². The highest BCUT2D eigenvalue weighted by molar-refractivity contribution is 6.30. The number of carboxylic acids is 1. The van der Waals surface area contributed by atoms with Gasteiger partial charge in [-0.1, -0.05) is 17.7 Å². The first-order valence-electron chi connectivity index (χ1n) is 6.54. The SMILES string of the molecule is O=C(O)c1cccc(OCc2cc(Cl)cc3c2OCC3)c1. The van der Waals surface area contributed by atoms with Gasteiger partial charge in [0.05, 0.1) is 12.2 Å². The Morgan fingerprint density at radius 1 is 1.33 bits per heavy atom. The number of fused-ring (bicyclic) bond motifs is 1. The second-order valence-electron chi connectivity index (χ2n) is 4.77. The standard InChI is InChI=1S/C16H13ClO4/c17-13-6-10-4-5-20-15(10)12(7-13)9-21-14-3-1-2-11(8-14)16(18)19/h1-3,6-8H,4-5,9H2,(H,18,19). The normalized spacial score (nSPS) is 12.6. The molecule has 2 aromatic carbocycles. The van der Waals surface area contributed by atoms with E-state index in [2.05, 4.69) is 0 Å². The smallest absolute Gasteiger partial charge is 0.335 e. The third-order valence-corrected chi connectivity index (χ3v) is 3.52. The highest BCUT2D eigenvalue weighted by Gasteiger charge is 2.18. The largest absolute Gasteiger partial charge is 0.493 e. The third-order valence-electron chi connectivity index (χ3n) is 3.30. The number of rotatable bonds is 4. The quantitative estimate of drug-likeness (QED) is 0.938. The Bertz CT molecular complexity index is 697. The molecule has 3 rings (SSSR count). The molecule has 0 saturated carbocycles. The summed E-state index contributed by atoms with van der Waals surface area (Å²) >= 11 is 6.09. The van der Waals surface area contributed by atoms with Crippen LogP contribution < -0.4 is 9.47 Å². The molecule has 108 valence electrons. The van der Waals surface area contributed by atoms with Crippen molar-refractivity contribution in [2.75, 3.05) is 6.61 Å². The van der Waals surface area contributed by atoms with Crippen molar-refractivity contribution in [1.82, 2.24) is 0 Å². The van der Waals surface area contributed by atoms with E-state index in [0.29, 0.717) is 17.4 Å². The van der Waals surface area contributed by atoms with E-state index >= 15 is 0 Å². The summed E-state index contributed by atoms with van der Waals surface area (Å²) in [5.74, 6) is 0.350. The third kappa shape index (κ3) is 2.95. The first-order valence-corrected chi connectivity index (χ1v) is 6.91. The highest BCUT2D eigenvalue weighted by atomic mass is 35.5. The van der Waals surface area contributed by atoms with Gasteiger partial charge < -0.3 is 14.6 Å². The molecule has 0 spiro atoms. The summed E-state index contributed by atoms with van der Waals surface area (Å²) in [6.45, 7) is 0.934. The van der Waals surface area contributed by atoms with Crippen LogP contribution in [-0.2, 0) is 13.0 Å². The van der Waals surface area contributed by atoms with Gasteiger partial charge in [0.1, 0.15) is 18.1 Å². The maximum atomic E-state index is 10.9. The van der Waals surface area contributed by atoms with Gasteiger partial charge in [0, 0.05) is 17.0 Å². The van der Waals surface area contributed by atoms with Crippen LogP contribution in [0.1, 0.15) is 21.5 Å². The zero-order chi connectivity index (χ0) is 14.8. The first kappa shape index (κ1) is 13.8. The van der Waals surface area contributed by atoms with E-state index in [1.54, 1.807) is 12.1 Å². The number of hydrogen-bond acceptors (Lipinski definition) is 3. The number of hydrogen-bond donors (Lipinski definition) is 1. The number of benzene rings is 2. The molecule has 2 aromatic rings. The van der Waals surface area contributed by atoms with Gasteiger partial charge in [-0.3, -0.25) is 0 Å². The predicted molar refractivity (Wildman–Crippen MR) is 78.4 cm³/mol. The molecule has 0 amide bonds. The van der Waals surface area contributed by atoms with E-state index in [1.807, 2.05) is 12.1 Å². The lowest BCUT2D eigenvalue weighted by Crippen LogP contribution is -2.01. The molecule has 0 saturated heterocycles. The van der Waals surface area contributed by atoms with Crippen molar-refractivity contribution in [3.05, 3.63) is 58.1 Å². The summed E-state index contributed by atoms with van der Waals surface area (Å²) in [6, 6.07) is 10.1. The molecule has 0 unspecified atom stereocenters. The number of ether oxygens (including phenoxy) is 2. The summed E-state index contributed by atoms with van der Waals surface area (Å²) in [7, 11) is 0. The average molecular weight is 305 g/mol. The van der Waals surface area contributed by atoms with Crippen molar-refractivity contribution in [2.24, 2.45) is 0 Å². The van der Waals surface area contributed by atoms with Gasteiger partial charge in [-0.2, -0.15) is 0 Å². The van der Waals surface area contributed by atoms with E-state index in [1.165, 1.54) is 12.1 Å². The summed E-state index contributed by atoms with van der Waals surface area (Å²) in [4.78, 5) is 10.9. The fourth-order valence-electron chi connectivity index (χ4n) is 2.33. The molecule has 0 aliphatic carbocycles. The lowest BCUT2D eigenvalue weighted by atomic mass is 10.1. The van der Waals surface area contributed by atoms with Gasteiger partial charge >= 0.3 is 5.97 Å². The van der Waals surface area contributed by atoms with Crippen molar-refractivity contribution >= 4 is 17.6 Å². The molecule has 1 aliphatic heterocycles. The molecule has 0 bridgehead atoms. The van der Waals surface area contributed by atoms with Gasteiger partial charge in [0.15, 0.2) is 0 Å². The zero-order valence-corrected chi connectivity index (χ0v) is 11.9. The van der Waals surface area contributed by atoms with E-state index < -0.39 is 5.97 Å². The fraction of sp³-hybridized carbons (Fsp3) is 0.188. The first-order chi connectivity index (χ1) is 10.1. The van der Waals surface area contributed by atoms with Gasteiger partial charge in [-0.15, -0.1) is 0 Å². The molecular formula is C16H13ClO4. The van der Waals surface area contributed by atoms with Crippen LogP contribution in [0, 0.1) is 0 Å². The van der Waals surface area contributed by atoms with Crippen LogP contribution in [0.25, 0.3) is 0 Å². The maximum Gasteiger partial charge on any atom is 0.335 e. The van der Waals surface area contributed by atoms with Crippen LogP contribution in [0.4, 0.5) is 0 Å². The Morgan fingerprint density at radius 2 is 2.19 bits per heavy atom. The molecule has 0 radical (unpaired) electrons. The maximum absolute atomic E-state index is 10.9. The number of carbonyl (C=O) groups is 1. The summed E-state index contributed by atoms with van der Waals surface area (Å²) in [6.07, 6.45) is 0.845. The second-order valence-corrected chi connectivity index (χ2v) is 5.21. The minimum atomic E-state index is -0.979. The molecular weight excluding hydrogens is 292 g/mol. The van der Waals surface area contributed by atoms with Crippen molar-refractivity contribution in [3.63, 3.8) is 0 Å². The molecule has 1 N–H and O–H groups in total. The molecule has 0 aromatic heterocycles. The Morgan fingerprint density at radius 3 is 3.00 bits per heavy atom. The number of halogens is 1. The highest BCUT2D eigenvalue weighted by Crippen LogP contribution is 2.33. The Labute approximate surface area is 126 Å². The van der Waals surface area contributed by atoms with Crippen LogP contribution in [0.5, 0.6) is 11.5 Å². The summed E-state index contributed by atoms with van der Waals surface area (Å²) < 4.78 is 11.3. The second kappa shape index (κ2) is 5.66. The van der Waals surface area contributed by atoms with E-state index in [-0.39, 0.29) is 12.2 Å². The van der Waals surface area contributed by atoms with Crippen molar-refractivity contribution in [1.29, 1.82) is 0 Å². The van der Waals surface area contributed by atoms with Crippen LogP contribution in [-0.4, -0.2) is 17.7 Å². The van der Waals surface area contributed by atoms with Gasteiger partial charge in [-0.05, 0) is 35.9 Å². The number of carboxylic acid groups (broad SMARTS) is 1. The van der Waals surface area contributed by atoms with E-state index in [4.69, 9.17) is 26.2 Å². The zero-order valence-electron chi connectivity index (χ0n) is 11.1. The van der Waals surface area contributed by atoms with E-state index in [0.717, 1.165) is 23.3 Å². The summed E-state index contributed by atoms with van der Waals surface area (Å²) in [5.41, 5.74) is 2.15. The number of aromatic carboxylic acids is 1. The molecule has 21 heavy (non-hydrogen) atoms. The molecule has 1 heterocycles. The van der Waals surface area contributed by atoms with Crippen molar-refractivity contribution in [3.8, 4) is 11.5 Å². The molecule has 0 atom stereocenters. The van der Waals surface area contributed by atoms with Crippen LogP contribution in [0.3, 0.4) is 0 Å². The van der Waals surface area contributed by atoms with Crippen molar-refractivity contribution in [2.45, 2.75) is 13.0 Å². The van der Waals surface area contributed by atoms with E-state index in [9.17, 15) is 4.79 Å². The summed E-state index contributed by atoms with van der Waals surface area (Å²) in [5, 5.41) is 9.61. The molecule has 0 fully saturated rings. The Balaban J connectivity index is 1.79. The topological polar surface area (TPSA) is 55.8 Å². The van der Waals surface area contributed by atoms with Crippen LogP contribution >= 0.6 is 11.6 Å². The van der Waals surface area contributed by atoms with Gasteiger partial charge in [0.25, 0.3) is 0 Å². The van der Waals surface area contributed by atoms with Crippen molar-refractivity contribution < 1.29 is 19.4 Å². The Hall–Kier alpha value is -2.20. The molecule has 1 aliphatic rings. The van der Waals surface area contributed by atoms with Crippen LogP contribution in [0.15, 0.2) is 36.4 Å². The lowest BCUT2D eigenvalue weighted by molar-refractivity contribution is 0.0696. The predicted octanol–water partition coefficient (Wildman–Crippen LogP) is 3.55. The Kier molecular flexibility index (Phi) is 3.71. The molecule has 4 nitrogen and oxygen atoms in total. The minimum Gasteiger partial charge on any atom is -0.493 e. The minimum absolute atomic E-state index is 0.195. The van der Waals surface area contributed by atoms with Gasteiger partial charge in [0.2, 0.25) is 0 Å². The molecule has 5 heteroatoms. The average Bonchev–Trinajstić information content (AvgIpc) is 2.93.